The summed E-state index contributed by atoms with van der Waals surface area (Å²) in [6.45, 7) is -3.26. The van der Waals surface area contributed by atoms with E-state index in [1.165, 1.54) is 37.0 Å². The molecule has 0 aliphatic heterocycles. The number of nitrogens with one attached hydrogen (secondary N) is 1. The predicted octanol–water partition coefficient (Wildman–Crippen LogP) is 1.49. The second-order valence-corrected chi connectivity index (χ2v) is 14.3. The number of benzene rings is 1. The molecule has 6 N–H and O–H groups in total. The van der Waals surface area contributed by atoms with Crippen molar-refractivity contribution < 1.29 is 59.1 Å². The molecule has 0 bridgehead atoms. The molecule has 0 heterocycles. The lowest BCUT2D eigenvalue weighted by atomic mass is 9.56. The molecule has 3 aliphatic rings. The van der Waals surface area contributed by atoms with E-state index in [-0.39, 0.29) is 50.3 Å². The Morgan fingerprint density at radius 2 is 1.17 bits per heavy atom. The number of hydrogen-bond acceptors (Lipinski definition) is 11. The van der Waals surface area contributed by atoms with Crippen LogP contribution in [-0.2, 0) is 35.2 Å². The highest BCUT2D eigenvalue weighted by atomic mass is 16.4. The normalized spacial score (nSPS) is 20.8. The van der Waals surface area contributed by atoms with Crippen molar-refractivity contribution in [1.82, 2.24) is 20.0 Å². The Hall–Kier alpha value is -4.41. The first-order valence-corrected chi connectivity index (χ1v) is 18.0. The van der Waals surface area contributed by atoms with Crippen LogP contribution in [0.25, 0.3) is 0 Å². The molecule has 52 heavy (non-hydrogen) atoms. The highest BCUT2D eigenvalue weighted by molar-refractivity contribution is 6.03. The fraction of sp³-hybridized carbons (Fsp3) is 0.639. The topological polar surface area (TPSA) is 242 Å². The number of aliphatic carboxylic acids is 4. The molecule has 0 radical (unpaired) electrons. The highest BCUT2D eigenvalue weighted by Gasteiger charge is 2.43. The SMILES string of the molecule is O=C(O)CN(CCN(CCN(CC(=O)O)CC(=O)O)CC(=O)NC(=O)CCC(=O)c1c(O)ccc2c1CCC1C2CCC2CCCCC21)CC(=O)O. The molecule has 2 fully saturated rings. The fourth-order valence-electron chi connectivity index (χ4n) is 8.60. The molecule has 16 heteroatoms. The van der Waals surface area contributed by atoms with Gasteiger partial charge >= 0.3 is 23.9 Å². The molecule has 4 atom stereocenters. The first kappa shape index (κ1) is 40.4. The van der Waals surface area contributed by atoms with Gasteiger partial charge in [-0.05, 0) is 73.0 Å². The second-order valence-electron chi connectivity index (χ2n) is 14.3. The molecule has 2 amide bonds. The number of carboxylic acids is 4. The van der Waals surface area contributed by atoms with E-state index in [9.17, 15) is 38.7 Å². The van der Waals surface area contributed by atoms with Gasteiger partial charge in [-0.15, -0.1) is 0 Å². The number of aromatic hydroxyl groups is 1. The molecule has 16 nitrogen and oxygen atoms in total. The zero-order chi connectivity index (χ0) is 37.9. The van der Waals surface area contributed by atoms with Crippen LogP contribution < -0.4 is 5.32 Å². The number of phenolic OH excluding ortho intramolecular Hbond substituents is 1. The van der Waals surface area contributed by atoms with Crippen molar-refractivity contribution in [3.63, 3.8) is 0 Å². The van der Waals surface area contributed by atoms with E-state index in [0.717, 1.165) is 39.7 Å². The number of carbonyl (C=O) groups is 7. The van der Waals surface area contributed by atoms with E-state index in [1.54, 1.807) is 6.07 Å². The van der Waals surface area contributed by atoms with E-state index in [0.29, 0.717) is 24.2 Å². The summed E-state index contributed by atoms with van der Waals surface area (Å²) >= 11 is 0. The highest BCUT2D eigenvalue weighted by Crippen LogP contribution is 2.54. The number of Topliss-reactive ketones (excluding diaryl/α,β-unsaturated/α-hetero) is 1. The molecular weight excluding hydrogens is 680 g/mol. The quantitative estimate of drug-likeness (QED) is 0.104. The summed E-state index contributed by atoms with van der Waals surface area (Å²) in [7, 11) is 0. The van der Waals surface area contributed by atoms with Crippen LogP contribution in [0.2, 0.25) is 0 Å². The van der Waals surface area contributed by atoms with Gasteiger partial charge in [-0.2, -0.15) is 0 Å². The lowest BCUT2D eigenvalue weighted by Crippen LogP contribution is -2.47. The van der Waals surface area contributed by atoms with Crippen LogP contribution in [0.5, 0.6) is 5.75 Å². The Labute approximate surface area is 301 Å². The first-order chi connectivity index (χ1) is 24.7. The molecule has 1 aromatic rings. The zero-order valence-corrected chi connectivity index (χ0v) is 29.3. The van der Waals surface area contributed by atoms with Crippen LogP contribution in [0, 0.1) is 17.8 Å². The van der Waals surface area contributed by atoms with Gasteiger partial charge < -0.3 is 25.5 Å². The Bertz CT molecular complexity index is 1440. The van der Waals surface area contributed by atoms with Crippen molar-refractivity contribution in [1.29, 1.82) is 0 Å². The van der Waals surface area contributed by atoms with Crippen LogP contribution in [-0.4, -0.2) is 141 Å². The number of rotatable bonds is 20. The molecule has 2 saturated carbocycles. The molecule has 3 aliphatic carbocycles. The minimum absolute atomic E-state index is 0.0731. The zero-order valence-electron chi connectivity index (χ0n) is 29.3. The molecule has 0 aromatic heterocycles. The van der Waals surface area contributed by atoms with Crippen LogP contribution in [0.3, 0.4) is 0 Å². The Morgan fingerprint density at radius 3 is 1.75 bits per heavy atom. The number of fused-ring (bicyclic) bond motifs is 5. The van der Waals surface area contributed by atoms with Gasteiger partial charge in [-0.3, -0.25) is 53.6 Å². The number of nitrogens with zero attached hydrogens (tertiary/aromatic N) is 3. The summed E-state index contributed by atoms with van der Waals surface area (Å²) in [5.41, 5.74) is 2.22. The maximum atomic E-state index is 13.5. The fourth-order valence-corrected chi connectivity index (χ4v) is 8.60. The predicted molar refractivity (Wildman–Crippen MR) is 184 cm³/mol. The van der Waals surface area contributed by atoms with Gasteiger partial charge in [0, 0.05) is 39.0 Å². The number of ketones is 1. The van der Waals surface area contributed by atoms with Crippen molar-refractivity contribution in [2.24, 2.45) is 17.8 Å². The third-order valence-corrected chi connectivity index (χ3v) is 10.7. The third-order valence-electron chi connectivity index (χ3n) is 10.7. The first-order valence-electron chi connectivity index (χ1n) is 18.0. The summed E-state index contributed by atoms with van der Waals surface area (Å²) in [5, 5.41) is 49.7. The van der Waals surface area contributed by atoms with E-state index in [4.69, 9.17) is 20.4 Å². The number of hydrogen-bond donors (Lipinski definition) is 6. The van der Waals surface area contributed by atoms with Gasteiger partial charge in [0.25, 0.3) is 0 Å². The minimum Gasteiger partial charge on any atom is -0.507 e. The Balaban J connectivity index is 1.37. The van der Waals surface area contributed by atoms with Gasteiger partial charge in [0.15, 0.2) is 5.78 Å². The van der Waals surface area contributed by atoms with Gasteiger partial charge in [-0.1, -0.05) is 25.3 Å². The number of imide groups is 1. The molecule has 1 aromatic carbocycles. The average Bonchev–Trinajstić information content (AvgIpc) is 3.06. The maximum absolute atomic E-state index is 13.5. The number of amides is 2. The average molecular weight is 731 g/mol. The third kappa shape index (κ3) is 11.5. The minimum atomic E-state index is -1.28. The lowest BCUT2D eigenvalue weighted by molar-refractivity contribution is -0.143. The van der Waals surface area contributed by atoms with E-state index in [1.807, 2.05) is 6.07 Å². The number of carboxylic acid groups (broad SMARTS) is 4. The monoisotopic (exact) mass is 730 g/mol. The van der Waals surface area contributed by atoms with Gasteiger partial charge in [-0.25, -0.2) is 0 Å². The standard InChI is InChI=1S/C36H50N4O12/c41-28-10-9-26-25-6-5-22-3-1-2-4-23(22)24(25)7-8-27(26)36(28)29(42)11-12-30(43)37-31(44)17-38(13-15-39(18-32(45)46)19-33(47)48)14-16-40(20-34(49)50)21-35(51)52/h9-10,22-25,41H,1-8,11-21H2,(H,45,46)(H,47,48)(H,49,50)(H,51,52)(H,37,43,44). The van der Waals surface area contributed by atoms with Crippen LogP contribution >= 0.6 is 0 Å². The van der Waals surface area contributed by atoms with Crippen molar-refractivity contribution in [3.8, 4) is 5.75 Å². The van der Waals surface area contributed by atoms with Crippen molar-refractivity contribution in [3.05, 3.63) is 28.8 Å². The van der Waals surface area contributed by atoms with Crippen LogP contribution in [0.1, 0.15) is 85.2 Å². The molecule has 0 spiro atoms. The number of phenols is 1. The van der Waals surface area contributed by atoms with Gasteiger partial charge in [0.2, 0.25) is 11.8 Å². The van der Waals surface area contributed by atoms with Gasteiger partial charge in [0.05, 0.1) is 38.3 Å². The summed E-state index contributed by atoms with van der Waals surface area (Å²) in [6.07, 6.45) is 8.39. The molecule has 4 rings (SSSR count). The molecular formula is C36H50N4O12. The summed E-state index contributed by atoms with van der Waals surface area (Å²) in [5.74, 6) is -4.76. The molecule has 0 saturated heterocycles. The number of carbonyl (C=O) groups excluding carboxylic acids is 3. The van der Waals surface area contributed by atoms with Crippen LogP contribution in [0.15, 0.2) is 12.1 Å². The molecule has 286 valence electrons. The molecule has 4 unspecified atom stereocenters. The Kier molecular flexibility index (Phi) is 14.7. The van der Waals surface area contributed by atoms with Crippen LogP contribution in [0.4, 0.5) is 0 Å². The van der Waals surface area contributed by atoms with Gasteiger partial charge in [0.1, 0.15) is 5.75 Å². The summed E-state index contributed by atoms with van der Waals surface area (Å²) in [4.78, 5) is 87.9. The van der Waals surface area contributed by atoms with E-state index in [2.05, 4.69) is 5.32 Å². The second kappa shape index (κ2) is 18.9. The van der Waals surface area contributed by atoms with E-state index < -0.39 is 74.2 Å². The van der Waals surface area contributed by atoms with Crippen molar-refractivity contribution >= 4 is 41.5 Å². The maximum Gasteiger partial charge on any atom is 0.317 e. The summed E-state index contributed by atoms with van der Waals surface area (Å²) in [6, 6.07) is 3.52. The largest absolute Gasteiger partial charge is 0.507 e. The van der Waals surface area contributed by atoms with Crippen molar-refractivity contribution in [2.75, 3.05) is 58.9 Å². The smallest absolute Gasteiger partial charge is 0.317 e. The van der Waals surface area contributed by atoms with E-state index >= 15 is 0 Å². The lowest BCUT2D eigenvalue weighted by Gasteiger charge is -2.48. The Morgan fingerprint density at radius 1 is 0.615 bits per heavy atom. The van der Waals surface area contributed by atoms with Crippen molar-refractivity contribution in [2.45, 2.75) is 70.1 Å². The summed E-state index contributed by atoms with van der Waals surface area (Å²) < 4.78 is 0.